The molecule has 0 bridgehead atoms. The molecule has 0 aromatic rings. The fourth-order valence-electron chi connectivity index (χ4n) is 3.08. The summed E-state index contributed by atoms with van der Waals surface area (Å²) in [7, 11) is 0. The number of nitrogens with one attached hydrogen (secondary N) is 1. The van der Waals surface area contributed by atoms with E-state index in [0.717, 1.165) is 45.4 Å². The minimum absolute atomic E-state index is 0. The molecular formula is C16H31F3IN5O. The standard InChI is InChI=1S/C16H30F3N5O.HI/c1-3-20-15(21-4-5-22-10-12-25-13-11-22)24-8-6-23(7-9-24)14(2)16(17,18)19;/h14H,3-13H2,1-2H3,(H,20,21);1H. The normalized spacial score (nSPS) is 22.0. The molecule has 0 radical (unpaired) electrons. The van der Waals surface area contributed by atoms with E-state index >= 15 is 0 Å². The highest BCUT2D eigenvalue weighted by Crippen LogP contribution is 2.25. The minimum atomic E-state index is -4.17. The van der Waals surface area contributed by atoms with Crippen molar-refractivity contribution >= 4 is 29.9 Å². The summed E-state index contributed by atoms with van der Waals surface area (Å²) in [5, 5.41) is 3.26. The Hall–Kier alpha value is -0.330. The van der Waals surface area contributed by atoms with E-state index in [4.69, 9.17) is 4.74 Å². The first kappa shape index (κ1) is 23.7. The van der Waals surface area contributed by atoms with Crippen LogP contribution in [0.3, 0.4) is 0 Å². The first-order valence-electron chi connectivity index (χ1n) is 9.06. The lowest BCUT2D eigenvalue weighted by Crippen LogP contribution is -2.56. The van der Waals surface area contributed by atoms with Gasteiger partial charge in [-0.2, -0.15) is 13.2 Å². The van der Waals surface area contributed by atoms with Crippen LogP contribution < -0.4 is 5.32 Å². The molecule has 1 N–H and O–H groups in total. The van der Waals surface area contributed by atoms with E-state index in [-0.39, 0.29) is 24.0 Å². The Morgan fingerprint density at radius 1 is 1.12 bits per heavy atom. The zero-order chi connectivity index (χ0) is 18.3. The number of rotatable bonds is 5. The van der Waals surface area contributed by atoms with Gasteiger partial charge in [-0.1, -0.05) is 0 Å². The largest absolute Gasteiger partial charge is 0.403 e. The first-order chi connectivity index (χ1) is 11.9. The Kier molecular flexibility index (Phi) is 10.5. The number of hydrogen-bond donors (Lipinski definition) is 1. The average Bonchev–Trinajstić information content (AvgIpc) is 2.61. The van der Waals surface area contributed by atoms with Crippen LogP contribution in [0.15, 0.2) is 4.99 Å². The molecule has 2 rings (SSSR count). The third kappa shape index (κ3) is 7.35. The maximum absolute atomic E-state index is 12.8. The molecule has 0 aromatic heterocycles. The maximum atomic E-state index is 12.8. The molecule has 154 valence electrons. The maximum Gasteiger partial charge on any atom is 0.403 e. The van der Waals surface area contributed by atoms with Crippen molar-refractivity contribution in [2.24, 2.45) is 4.99 Å². The monoisotopic (exact) mass is 493 g/mol. The van der Waals surface area contributed by atoms with Gasteiger partial charge in [-0.15, -0.1) is 24.0 Å². The first-order valence-corrected chi connectivity index (χ1v) is 9.06. The van der Waals surface area contributed by atoms with Gasteiger partial charge in [0, 0.05) is 52.4 Å². The molecule has 1 unspecified atom stereocenters. The van der Waals surface area contributed by atoms with E-state index in [1.165, 1.54) is 11.8 Å². The van der Waals surface area contributed by atoms with E-state index < -0.39 is 12.2 Å². The Morgan fingerprint density at radius 2 is 1.73 bits per heavy atom. The van der Waals surface area contributed by atoms with E-state index in [9.17, 15) is 13.2 Å². The number of hydrogen-bond acceptors (Lipinski definition) is 4. The number of morpholine rings is 1. The molecule has 2 aliphatic heterocycles. The lowest BCUT2D eigenvalue weighted by molar-refractivity contribution is -0.181. The van der Waals surface area contributed by atoms with E-state index in [0.29, 0.717) is 32.7 Å². The average molecular weight is 493 g/mol. The quantitative estimate of drug-likeness (QED) is 0.357. The highest BCUT2D eigenvalue weighted by Gasteiger charge is 2.41. The van der Waals surface area contributed by atoms with Gasteiger partial charge in [-0.3, -0.25) is 14.8 Å². The number of nitrogens with zero attached hydrogens (tertiary/aromatic N) is 4. The third-order valence-electron chi connectivity index (χ3n) is 4.75. The predicted octanol–water partition coefficient (Wildman–Crippen LogP) is 1.47. The van der Waals surface area contributed by atoms with E-state index in [2.05, 4.69) is 20.1 Å². The highest BCUT2D eigenvalue weighted by molar-refractivity contribution is 14.0. The summed E-state index contributed by atoms with van der Waals surface area (Å²) in [6, 6.07) is -1.39. The number of aliphatic imine (C=N–C) groups is 1. The predicted molar refractivity (Wildman–Crippen MR) is 107 cm³/mol. The van der Waals surface area contributed by atoms with Crippen LogP contribution in [-0.2, 0) is 4.74 Å². The van der Waals surface area contributed by atoms with Gasteiger partial charge in [0.2, 0.25) is 0 Å². The number of alkyl halides is 3. The lowest BCUT2D eigenvalue weighted by atomic mass is 10.2. The van der Waals surface area contributed by atoms with Crippen LogP contribution in [0.2, 0.25) is 0 Å². The van der Waals surface area contributed by atoms with Crippen molar-refractivity contribution in [2.75, 3.05) is 72.1 Å². The molecule has 2 heterocycles. The van der Waals surface area contributed by atoms with Gasteiger partial charge in [-0.05, 0) is 13.8 Å². The third-order valence-corrected chi connectivity index (χ3v) is 4.75. The Balaban J connectivity index is 0.00000338. The summed E-state index contributed by atoms with van der Waals surface area (Å²) in [5.41, 5.74) is 0. The molecule has 1 atom stereocenters. The summed E-state index contributed by atoms with van der Waals surface area (Å²) >= 11 is 0. The molecule has 0 aromatic carbocycles. The fraction of sp³-hybridized carbons (Fsp3) is 0.938. The van der Waals surface area contributed by atoms with Crippen LogP contribution in [0, 0.1) is 0 Å². The van der Waals surface area contributed by atoms with Crippen molar-refractivity contribution in [3.05, 3.63) is 0 Å². The Labute approximate surface area is 171 Å². The van der Waals surface area contributed by atoms with E-state index in [1.54, 1.807) is 0 Å². The highest BCUT2D eigenvalue weighted by atomic mass is 127. The van der Waals surface area contributed by atoms with Crippen LogP contribution in [0.4, 0.5) is 13.2 Å². The zero-order valence-electron chi connectivity index (χ0n) is 15.6. The second kappa shape index (κ2) is 11.5. The number of piperazine rings is 1. The number of ether oxygens (including phenoxy) is 1. The van der Waals surface area contributed by atoms with Crippen LogP contribution in [0.5, 0.6) is 0 Å². The minimum Gasteiger partial charge on any atom is -0.379 e. The van der Waals surface area contributed by atoms with Crippen LogP contribution in [0.1, 0.15) is 13.8 Å². The Morgan fingerprint density at radius 3 is 2.27 bits per heavy atom. The topological polar surface area (TPSA) is 43.3 Å². The van der Waals surface area contributed by atoms with Crippen molar-refractivity contribution in [3.8, 4) is 0 Å². The van der Waals surface area contributed by atoms with Crippen molar-refractivity contribution < 1.29 is 17.9 Å². The molecule has 2 saturated heterocycles. The molecule has 26 heavy (non-hydrogen) atoms. The van der Waals surface area contributed by atoms with Crippen molar-refractivity contribution in [1.29, 1.82) is 0 Å². The Bertz CT molecular complexity index is 425. The van der Waals surface area contributed by atoms with Crippen LogP contribution in [-0.4, -0.2) is 105 Å². The molecule has 10 heteroatoms. The molecule has 2 aliphatic rings. The van der Waals surface area contributed by atoms with Crippen LogP contribution >= 0.6 is 24.0 Å². The smallest absolute Gasteiger partial charge is 0.379 e. The molecular weight excluding hydrogens is 462 g/mol. The van der Waals surface area contributed by atoms with Gasteiger partial charge in [0.15, 0.2) is 5.96 Å². The van der Waals surface area contributed by atoms with Gasteiger partial charge < -0.3 is 15.0 Å². The van der Waals surface area contributed by atoms with Gasteiger partial charge in [0.1, 0.15) is 6.04 Å². The van der Waals surface area contributed by atoms with Gasteiger partial charge in [0.25, 0.3) is 0 Å². The molecule has 0 saturated carbocycles. The number of guanidine groups is 1. The van der Waals surface area contributed by atoms with Crippen molar-refractivity contribution in [2.45, 2.75) is 26.1 Å². The van der Waals surface area contributed by atoms with Crippen LogP contribution in [0.25, 0.3) is 0 Å². The lowest BCUT2D eigenvalue weighted by Gasteiger charge is -2.39. The summed E-state index contributed by atoms with van der Waals surface area (Å²) in [6.07, 6.45) is -4.17. The van der Waals surface area contributed by atoms with Gasteiger partial charge in [-0.25, -0.2) is 0 Å². The van der Waals surface area contributed by atoms with E-state index in [1.807, 2.05) is 6.92 Å². The summed E-state index contributed by atoms with van der Waals surface area (Å²) in [4.78, 5) is 10.5. The summed E-state index contributed by atoms with van der Waals surface area (Å²) in [5.74, 6) is 0.801. The zero-order valence-corrected chi connectivity index (χ0v) is 17.9. The molecule has 6 nitrogen and oxygen atoms in total. The number of halogens is 4. The summed E-state index contributed by atoms with van der Waals surface area (Å²) in [6.45, 7) is 10.8. The SMILES string of the molecule is CCNC(=NCCN1CCOCC1)N1CCN(C(C)C(F)(F)F)CC1.I. The second-order valence-corrected chi connectivity index (χ2v) is 6.43. The molecule has 0 aliphatic carbocycles. The van der Waals surface area contributed by atoms with Gasteiger partial charge >= 0.3 is 6.18 Å². The van der Waals surface area contributed by atoms with Crippen molar-refractivity contribution in [1.82, 2.24) is 20.0 Å². The molecule has 2 fully saturated rings. The van der Waals surface area contributed by atoms with Crippen molar-refractivity contribution in [3.63, 3.8) is 0 Å². The molecule has 0 spiro atoms. The summed E-state index contributed by atoms with van der Waals surface area (Å²) < 4.78 is 43.9. The molecule has 0 amide bonds. The van der Waals surface area contributed by atoms with Gasteiger partial charge in [0.05, 0.1) is 19.8 Å². The fourth-order valence-corrected chi connectivity index (χ4v) is 3.08. The second-order valence-electron chi connectivity index (χ2n) is 6.43.